The van der Waals surface area contributed by atoms with Crippen LogP contribution in [0, 0.1) is 0 Å². The molecule has 1 unspecified atom stereocenters. The zero-order valence-corrected chi connectivity index (χ0v) is 10.8. The Hall–Kier alpha value is -0.0800. The molecule has 1 aliphatic rings. The van der Waals surface area contributed by atoms with Gasteiger partial charge in [0.1, 0.15) is 0 Å². The minimum Gasteiger partial charge on any atom is -0.317 e. The van der Waals surface area contributed by atoms with Gasteiger partial charge < -0.3 is 10.2 Å². The minimum absolute atomic E-state index is 0.813. The summed E-state index contributed by atoms with van der Waals surface area (Å²) in [6, 6.07) is 1.64. The molecule has 1 fully saturated rings. The van der Waals surface area contributed by atoms with E-state index in [1.165, 1.54) is 51.6 Å². The zero-order chi connectivity index (χ0) is 11.1. The van der Waals surface area contributed by atoms with E-state index in [2.05, 4.69) is 31.1 Å². The maximum Gasteiger partial charge on any atom is 0.0119 e. The molecule has 0 bridgehead atoms. The second kappa shape index (κ2) is 7.24. The van der Waals surface area contributed by atoms with Gasteiger partial charge in [-0.3, -0.25) is 0 Å². The van der Waals surface area contributed by atoms with Crippen molar-refractivity contribution in [2.45, 2.75) is 64.5 Å². The van der Waals surface area contributed by atoms with E-state index in [0.717, 1.165) is 12.1 Å². The summed E-state index contributed by atoms with van der Waals surface area (Å²) in [6.07, 6.45) is 8.07. The van der Waals surface area contributed by atoms with Crippen LogP contribution in [0.15, 0.2) is 0 Å². The van der Waals surface area contributed by atoms with E-state index in [9.17, 15) is 0 Å². The topological polar surface area (TPSA) is 15.3 Å². The maximum atomic E-state index is 3.44. The van der Waals surface area contributed by atoms with E-state index in [0.29, 0.717) is 0 Å². The van der Waals surface area contributed by atoms with Crippen LogP contribution in [0.5, 0.6) is 0 Å². The Morgan fingerprint density at radius 3 is 2.47 bits per heavy atom. The van der Waals surface area contributed by atoms with Crippen molar-refractivity contribution in [3.63, 3.8) is 0 Å². The van der Waals surface area contributed by atoms with E-state index in [-0.39, 0.29) is 0 Å². The lowest BCUT2D eigenvalue weighted by Gasteiger charge is -2.37. The van der Waals surface area contributed by atoms with Crippen molar-refractivity contribution >= 4 is 0 Å². The number of hydrogen-bond acceptors (Lipinski definition) is 2. The van der Waals surface area contributed by atoms with Crippen LogP contribution in [0.3, 0.4) is 0 Å². The molecule has 0 saturated carbocycles. The molecule has 1 heterocycles. The highest BCUT2D eigenvalue weighted by Crippen LogP contribution is 2.18. The van der Waals surface area contributed by atoms with Gasteiger partial charge in [0.15, 0.2) is 0 Å². The Balaban J connectivity index is 2.36. The monoisotopic (exact) mass is 212 g/mol. The van der Waals surface area contributed by atoms with Crippen LogP contribution in [0.25, 0.3) is 0 Å². The first-order valence-corrected chi connectivity index (χ1v) is 6.72. The molecule has 1 rings (SSSR count). The number of nitrogens with zero attached hydrogens (tertiary/aromatic N) is 1. The molecule has 0 aliphatic carbocycles. The molecule has 15 heavy (non-hydrogen) atoms. The number of hydrogen-bond donors (Lipinski definition) is 1. The lowest BCUT2D eigenvalue weighted by Crippen LogP contribution is -2.45. The summed E-state index contributed by atoms with van der Waals surface area (Å²) in [6.45, 7) is 7.04. The second-order valence-corrected chi connectivity index (χ2v) is 4.85. The van der Waals surface area contributed by atoms with Gasteiger partial charge in [0.25, 0.3) is 0 Å². The highest BCUT2D eigenvalue weighted by atomic mass is 15.2. The fourth-order valence-corrected chi connectivity index (χ4v) is 2.65. The molecule has 0 spiro atoms. The molecule has 0 aromatic rings. The van der Waals surface area contributed by atoms with Crippen molar-refractivity contribution in [1.82, 2.24) is 10.2 Å². The molecule has 0 radical (unpaired) electrons. The first kappa shape index (κ1) is 13.0. The third-order valence-electron chi connectivity index (χ3n) is 3.82. The Morgan fingerprint density at radius 1 is 1.27 bits per heavy atom. The molecule has 2 nitrogen and oxygen atoms in total. The molecule has 1 saturated heterocycles. The summed E-state index contributed by atoms with van der Waals surface area (Å²) >= 11 is 0. The van der Waals surface area contributed by atoms with Gasteiger partial charge in [-0.25, -0.2) is 0 Å². The zero-order valence-electron chi connectivity index (χ0n) is 10.8. The van der Waals surface area contributed by atoms with Crippen LogP contribution in [0.2, 0.25) is 0 Å². The van der Waals surface area contributed by atoms with Crippen LogP contribution < -0.4 is 5.32 Å². The van der Waals surface area contributed by atoms with Gasteiger partial charge in [0, 0.05) is 12.1 Å². The lowest BCUT2D eigenvalue weighted by atomic mass is 9.99. The molecular weight excluding hydrogens is 184 g/mol. The fraction of sp³-hybridized carbons (Fsp3) is 1.00. The van der Waals surface area contributed by atoms with E-state index in [1.54, 1.807) is 0 Å². The summed E-state index contributed by atoms with van der Waals surface area (Å²) in [5, 5.41) is 3.44. The molecule has 1 N–H and O–H groups in total. The second-order valence-electron chi connectivity index (χ2n) is 4.85. The highest BCUT2D eigenvalue weighted by Gasteiger charge is 2.22. The van der Waals surface area contributed by atoms with Crippen molar-refractivity contribution < 1.29 is 0 Å². The van der Waals surface area contributed by atoms with Crippen molar-refractivity contribution in [1.29, 1.82) is 0 Å². The van der Waals surface area contributed by atoms with Crippen molar-refractivity contribution in [3.8, 4) is 0 Å². The average Bonchev–Trinajstić information content (AvgIpc) is 2.31. The van der Waals surface area contributed by atoms with Crippen LogP contribution in [0.1, 0.15) is 52.4 Å². The lowest BCUT2D eigenvalue weighted by molar-refractivity contribution is 0.131. The standard InChI is InChI=1S/C13H28N2/c1-4-6-7-12(5-2)15(3)13-8-10-14-11-9-13/h12-14H,4-11H2,1-3H3. The van der Waals surface area contributed by atoms with Gasteiger partial charge in [-0.1, -0.05) is 26.7 Å². The van der Waals surface area contributed by atoms with Crippen molar-refractivity contribution in [3.05, 3.63) is 0 Å². The summed E-state index contributed by atoms with van der Waals surface area (Å²) in [4.78, 5) is 2.65. The average molecular weight is 212 g/mol. The Morgan fingerprint density at radius 2 is 1.93 bits per heavy atom. The van der Waals surface area contributed by atoms with Gasteiger partial charge in [0.05, 0.1) is 0 Å². The smallest absolute Gasteiger partial charge is 0.0119 e. The molecule has 1 atom stereocenters. The maximum absolute atomic E-state index is 3.44. The predicted octanol–water partition coefficient (Wildman–Crippen LogP) is 2.64. The van der Waals surface area contributed by atoms with E-state index < -0.39 is 0 Å². The molecule has 2 heteroatoms. The summed E-state index contributed by atoms with van der Waals surface area (Å²) in [5.41, 5.74) is 0. The first-order chi connectivity index (χ1) is 7.29. The minimum atomic E-state index is 0.813. The molecular formula is C13H28N2. The van der Waals surface area contributed by atoms with Crippen LogP contribution in [0.4, 0.5) is 0 Å². The van der Waals surface area contributed by atoms with Crippen LogP contribution in [-0.2, 0) is 0 Å². The third kappa shape index (κ3) is 4.12. The van der Waals surface area contributed by atoms with Gasteiger partial charge in [-0.15, -0.1) is 0 Å². The van der Waals surface area contributed by atoms with Gasteiger partial charge in [0.2, 0.25) is 0 Å². The van der Waals surface area contributed by atoms with E-state index in [1.807, 2.05) is 0 Å². The van der Waals surface area contributed by atoms with Gasteiger partial charge >= 0.3 is 0 Å². The normalized spacial score (nSPS) is 20.8. The molecule has 0 aromatic heterocycles. The molecule has 0 amide bonds. The number of unbranched alkanes of at least 4 members (excludes halogenated alkanes) is 1. The third-order valence-corrected chi connectivity index (χ3v) is 3.82. The van der Waals surface area contributed by atoms with E-state index >= 15 is 0 Å². The quantitative estimate of drug-likeness (QED) is 0.728. The largest absolute Gasteiger partial charge is 0.317 e. The molecule has 0 aromatic carbocycles. The molecule has 90 valence electrons. The summed E-state index contributed by atoms with van der Waals surface area (Å²) in [5.74, 6) is 0. The first-order valence-electron chi connectivity index (χ1n) is 6.72. The SMILES string of the molecule is CCCCC(CC)N(C)C1CCNCC1. The molecule has 1 aliphatic heterocycles. The van der Waals surface area contributed by atoms with Crippen molar-refractivity contribution in [2.24, 2.45) is 0 Å². The summed E-state index contributed by atoms with van der Waals surface area (Å²) in [7, 11) is 2.33. The Kier molecular flexibility index (Phi) is 6.26. The predicted molar refractivity (Wildman–Crippen MR) is 67.3 cm³/mol. The number of rotatable bonds is 6. The van der Waals surface area contributed by atoms with Gasteiger partial charge in [-0.2, -0.15) is 0 Å². The van der Waals surface area contributed by atoms with Gasteiger partial charge in [-0.05, 0) is 45.8 Å². The number of piperidine rings is 1. The van der Waals surface area contributed by atoms with Crippen molar-refractivity contribution in [2.75, 3.05) is 20.1 Å². The van der Waals surface area contributed by atoms with E-state index in [4.69, 9.17) is 0 Å². The fourth-order valence-electron chi connectivity index (χ4n) is 2.65. The Bertz CT molecular complexity index is 153. The highest BCUT2D eigenvalue weighted by molar-refractivity contribution is 4.80. The van der Waals surface area contributed by atoms with Crippen LogP contribution in [-0.4, -0.2) is 37.1 Å². The summed E-state index contributed by atoms with van der Waals surface area (Å²) < 4.78 is 0. The number of nitrogens with one attached hydrogen (secondary N) is 1. The van der Waals surface area contributed by atoms with Crippen LogP contribution >= 0.6 is 0 Å². The Labute approximate surface area is 95.4 Å².